The van der Waals surface area contributed by atoms with Gasteiger partial charge in [0.15, 0.2) is 0 Å². The predicted molar refractivity (Wildman–Crippen MR) is 88.6 cm³/mol. The third kappa shape index (κ3) is 3.87. The molecule has 23 heavy (non-hydrogen) atoms. The van der Waals surface area contributed by atoms with E-state index in [-0.39, 0.29) is 6.03 Å². The molecular formula is C16H13ClN4O2. The third-order valence-corrected chi connectivity index (χ3v) is 3.27. The number of hydrogen-bond donors (Lipinski definition) is 2. The molecule has 0 spiro atoms. The van der Waals surface area contributed by atoms with Crippen molar-refractivity contribution >= 4 is 29.0 Å². The highest BCUT2D eigenvalue weighted by atomic mass is 35.5. The van der Waals surface area contributed by atoms with E-state index in [0.29, 0.717) is 28.2 Å². The zero-order valence-electron chi connectivity index (χ0n) is 12.2. The van der Waals surface area contributed by atoms with Gasteiger partial charge in [-0.25, -0.2) is 4.79 Å². The van der Waals surface area contributed by atoms with Crippen LogP contribution in [0.3, 0.4) is 0 Å². The number of rotatable bonds is 3. The Bertz CT molecular complexity index is 813. The molecular weight excluding hydrogens is 316 g/mol. The zero-order chi connectivity index (χ0) is 16.2. The summed E-state index contributed by atoms with van der Waals surface area (Å²) in [6, 6.07) is 13.6. The molecule has 0 unspecified atom stereocenters. The molecule has 1 aromatic heterocycles. The molecule has 0 aliphatic carbocycles. The van der Waals surface area contributed by atoms with Gasteiger partial charge in [-0.1, -0.05) is 11.6 Å². The molecule has 2 aromatic carbocycles. The average molecular weight is 329 g/mol. The van der Waals surface area contributed by atoms with Crippen LogP contribution in [0.1, 0.15) is 5.89 Å². The van der Waals surface area contributed by atoms with Gasteiger partial charge in [-0.3, -0.25) is 0 Å². The molecule has 2 N–H and O–H groups in total. The van der Waals surface area contributed by atoms with Crippen LogP contribution in [0.5, 0.6) is 0 Å². The van der Waals surface area contributed by atoms with E-state index >= 15 is 0 Å². The van der Waals surface area contributed by atoms with Crippen LogP contribution in [0.4, 0.5) is 16.2 Å². The molecule has 6 nitrogen and oxygen atoms in total. The van der Waals surface area contributed by atoms with Crippen LogP contribution in [-0.4, -0.2) is 16.2 Å². The van der Waals surface area contributed by atoms with Crippen molar-refractivity contribution < 1.29 is 9.21 Å². The van der Waals surface area contributed by atoms with Crippen molar-refractivity contribution in [1.82, 2.24) is 10.2 Å². The number of aromatic nitrogens is 2. The first-order valence-corrected chi connectivity index (χ1v) is 7.22. The van der Waals surface area contributed by atoms with Gasteiger partial charge >= 0.3 is 6.03 Å². The van der Waals surface area contributed by atoms with Crippen LogP contribution in [0.15, 0.2) is 52.9 Å². The highest BCUT2D eigenvalue weighted by Gasteiger charge is 2.07. The minimum absolute atomic E-state index is 0.339. The molecule has 0 saturated heterocycles. The van der Waals surface area contributed by atoms with Gasteiger partial charge in [0, 0.05) is 28.9 Å². The molecule has 2 amide bonds. The van der Waals surface area contributed by atoms with Gasteiger partial charge in [-0.15, -0.1) is 10.2 Å². The summed E-state index contributed by atoms with van der Waals surface area (Å²) in [7, 11) is 0. The number of benzene rings is 2. The quantitative estimate of drug-likeness (QED) is 0.749. The normalized spacial score (nSPS) is 10.3. The minimum atomic E-state index is -0.339. The number of amides is 2. The lowest BCUT2D eigenvalue weighted by Crippen LogP contribution is -2.19. The summed E-state index contributed by atoms with van der Waals surface area (Å²) in [5.74, 6) is 0.948. The molecule has 1 heterocycles. The Kier molecular flexibility index (Phi) is 4.25. The van der Waals surface area contributed by atoms with Crippen LogP contribution in [0, 0.1) is 6.92 Å². The molecule has 0 bridgehead atoms. The van der Waals surface area contributed by atoms with E-state index in [1.165, 1.54) is 0 Å². The fourth-order valence-electron chi connectivity index (χ4n) is 1.94. The summed E-state index contributed by atoms with van der Waals surface area (Å²) in [6.07, 6.45) is 0. The van der Waals surface area contributed by atoms with E-state index in [1.807, 2.05) is 0 Å². The Labute approximate surface area is 137 Å². The highest BCUT2D eigenvalue weighted by molar-refractivity contribution is 6.30. The lowest BCUT2D eigenvalue weighted by molar-refractivity contribution is 0.262. The standard InChI is InChI=1S/C16H13ClN4O2/c1-10-20-21-15(23-10)11-2-6-13(7-3-11)18-16(22)19-14-8-4-12(17)5-9-14/h2-9H,1H3,(H2,18,19,22). The molecule has 0 saturated carbocycles. The first-order valence-electron chi connectivity index (χ1n) is 6.84. The highest BCUT2D eigenvalue weighted by Crippen LogP contribution is 2.20. The maximum Gasteiger partial charge on any atom is 0.323 e. The summed E-state index contributed by atoms with van der Waals surface area (Å²) >= 11 is 5.80. The van der Waals surface area contributed by atoms with Crippen LogP contribution >= 0.6 is 11.6 Å². The van der Waals surface area contributed by atoms with Crippen LogP contribution in [0.2, 0.25) is 5.02 Å². The number of halogens is 1. The summed E-state index contributed by atoms with van der Waals surface area (Å²) < 4.78 is 5.35. The first-order chi connectivity index (χ1) is 11.1. The molecule has 3 aromatic rings. The summed E-state index contributed by atoms with van der Waals surface area (Å²) in [4.78, 5) is 11.9. The molecule has 0 aliphatic rings. The van der Waals surface area contributed by atoms with Gasteiger partial charge < -0.3 is 15.1 Å². The van der Waals surface area contributed by atoms with Crippen molar-refractivity contribution in [3.63, 3.8) is 0 Å². The Morgan fingerprint density at radius 1 is 0.957 bits per heavy atom. The van der Waals surface area contributed by atoms with E-state index in [0.717, 1.165) is 5.56 Å². The molecule has 7 heteroatoms. The van der Waals surface area contributed by atoms with Gasteiger partial charge in [0.05, 0.1) is 0 Å². The molecule has 0 atom stereocenters. The summed E-state index contributed by atoms with van der Waals surface area (Å²) in [6.45, 7) is 1.73. The second-order valence-corrected chi connectivity index (χ2v) is 5.23. The monoisotopic (exact) mass is 328 g/mol. The lowest BCUT2D eigenvalue weighted by atomic mass is 10.2. The van der Waals surface area contributed by atoms with Crippen LogP contribution in [0.25, 0.3) is 11.5 Å². The molecule has 3 rings (SSSR count). The van der Waals surface area contributed by atoms with Crippen LogP contribution in [-0.2, 0) is 0 Å². The number of hydrogen-bond acceptors (Lipinski definition) is 4. The number of nitrogens with one attached hydrogen (secondary N) is 2. The van der Waals surface area contributed by atoms with Gasteiger partial charge in [0.1, 0.15) is 0 Å². The molecule has 116 valence electrons. The first kappa shape index (κ1) is 15.1. The maximum absolute atomic E-state index is 11.9. The Hall–Kier alpha value is -2.86. The number of carbonyl (C=O) groups is 1. The van der Waals surface area contributed by atoms with Crippen molar-refractivity contribution in [3.05, 3.63) is 59.4 Å². The number of nitrogens with zero attached hydrogens (tertiary/aromatic N) is 2. The Morgan fingerprint density at radius 2 is 1.52 bits per heavy atom. The van der Waals surface area contributed by atoms with Crippen molar-refractivity contribution in [2.24, 2.45) is 0 Å². The fourth-order valence-corrected chi connectivity index (χ4v) is 2.06. The van der Waals surface area contributed by atoms with Gasteiger partial charge in [-0.2, -0.15) is 0 Å². The number of carbonyl (C=O) groups excluding carboxylic acids is 1. The van der Waals surface area contributed by atoms with E-state index in [9.17, 15) is 4.79 Å². The maximum atomic E-state index is 11.9. The Morgan fingerprint density at radius 3 is 2.04 bits per heavy atom. The van der Waals surface area contributed by atoms with Crippen molar-refractivity contribution in [2.45, 2.75) is 6.92 Å². The van der Waals surface area contributed by atoms with Crippen molar-refractivity contribution in [1.29, 1.82) is 0 Å². The van der Waals surface area contributed by atoms with Crippen LogP contribution < -0.4 is 10.6 Å². The van der Waals surface area contributed by atoms with Gasteiger partial charge in [-0.05, 0) is 48.5 Å². The van der Waals surface area contributed by atoms with E-state index in [4.69, 9.17) is 16.0 Å². The molecule has 0 fully saturated rings. The largest absolute Gasteiger partial charge is 0.421 e. The third-order valence-electron chi connectivity index (χ3n) is 3.02. The van der Waals surface area contributed by atoms with Crippen molar-refractivity contribution in [2.75, 3.05) is 10.6 Å². The van der Waals surface area contributed by atoms with Gasteiger partial charge in [0.2, 0.25) is 11.8 Å². The van der Waals surface area contributed by atoms with E-state index in [1.54, 1.807) is 55.5 Å². The summed E-state index contributed by atoms with van der Waals surface area (Å²) in [5, 5.41) is 13.8. The SMILES string of the molecule is Cc1nnc(-c2ccc(NC(=O)Nc3ccc(Cl)cc3)cc2)o1. The van der Waals surface area contributed by atoms with Crippen molar-refractivity contribution in [3.8, 4) is 11.5 Å². The topological polar surface area (TPSA) is 80.0 Å². The molecule has 0 aliphatic heterocycles. The lowest BCUT2D eigenvalue weighted by Gasteiger charge is -2.08. The fraction of sp³-hybridized carbons (Fsp3) is 0.0625. The minimum Gasteiger partial charge on any atom is -0.421 e. The average Bonchev–Trinajstić information content (AvgIpc) is 2.97. The second kappa shape index (κ2) is 6.50. The number of aryl methyl sites for hydroxylation is 1. The number of anilines is 2. The summed E-state index contributed by atoms with van der Waals surface area (Å²) in [5.41, 5.74) is 2.09. The van der Waals surface area contributed by atoms with E-state index in [2.05, 4.69) is 20.8 Å². The zero-order valence-corrected chi connectivity index (χ0v) is 13.0. The predicted octanol–water partition coefficient (Wildman–Crippen LogP) is 4.34. The number of urea groups is 1. The van der Waals surface area contributed by atoms with Gasteiger partial charge in [0.25, 0.3) is 0 Å². The Balaban J connectivity index is 1.63. The van der Waals surface area contributed by atoms with E-state index < -0.39 is 0 Å². The smallest absolute Gasteiger partial charge is 0.323 e. The molecule has 0 radical (unpaired) electrons. The second-order valence-electron chi connectivity index (χ2n) is 4.79.